The SMILES string of the molecule is CCCC(CC(=O)OC)c1ccc(C)c(C)c1. The van der Waals surface area contributed by atoms with Gasteiger partial charge in [0.1, 0.15) is 0 Å². The van der Waals surface area contributed by atoms with Gasteiger partial charge in [-0.15, -0.1) is 0 Å². The zero-order chi connectivity index (χ0) is 12.8. The van der Waals surface area contributed by atoms with Crippen LogP contribution in [0.25, 0.3) is 0 Å². The molecule has 1 unspecified atom stereocenters. The monoisotopic (exact) mass is 234 g/mol. The highest BCUT2D eigenvalue weighted by Gasteiger charge is 2.16. The van der Waals surface area contributed by atoms with Crippen LogP contribution in [0.3, 0.4) is 0 Å². The quantitative estimate of drug-likeness (QED) is 0.725. The molecular weight excluding hydrogens is 212 g/mol. The minimum Gasteiger partial charge on any atom is -0.469 e. The van der Waals surface area contributed by atoms with Crippen molar-refractivity contribution in [2.45, 2.75) is 46.0 Å². The molecular formula is C15H22O2. The fourth-order valence-electron chi connectivity index (χ4n) is 2.04. The fourth-order valence-corrected chi connectivity index (χ4v) is 2.04. The number of aryl methyl sites for hydroxylation is 2. The molecule has 0 aliphatic heterocycles. The lowest BCUT2D eigenvalue weighted by molar-refractivity contribution is -0.141. The van der Waals surface area contributed by atoms with Crippen LogP contribution in [0.1, 0.15) is 48.8 Å². The number of benzene rings is 1. The molecule has 1 aromatic carbocycles. The lowest BCUT2D eigenvalue weighted by atomic mass is 9.89. The van der Waals surface area contributed by atoms with E-state index in [0.717, 1.165) is 12.8 Å². The largest absolute Gasteiger partial charge is 0.469 e. The summed E-state index contributed by atoms with van der Waals surface area (Å²) in [6.45, 7) is 6.36. The van der Waals surface area contributed by atoms with E-state index in [0.29, 0.717) is 6.42 Å². The predicted molar refractivity (Wildman–Crippen MR) is 70.2 cm³/mol. The van der Waals surface area contributed by atoms with E-state index in [9.17, 15) is 4.79 Å². The Kier molecular flexibility index (Phi) is 5.20. The molecule has 17 heavy (non-hydrogen) atoms. The number of carbonyl (C=O) groups excluding carboxylic acids is 1. The van der Waals surface area contributed by atoms with Crippen LogP contribution in [0.15, 0.2) is 18.2 Å². The predicted octanol–water partition coefficient (Wildman–Crippen LogP) is 3.75. The number of ether oxygens (including phenoxy) is 1. The topological polar surface area (TPSA) is 26.3 Å². The summed E-state index contributed by atoms with van der Waals surface area (Å²) in [6.07, 6.45) is 2.58. The van der Waals surface area contributed by atoms with Gasteiger partial charge in [-0.05, 0) is 42.9 Å². The Morgan fingerprint density at radius 2 is 2.00 bits per heavy atom. The van der Waals surface area contributed by atoms with Crippen LogP contribution in [0.4, 0.5) is 0 Å². The van der Waals surface area contributed by atoms with E-state index in [1.54, 1.807) is 0 Å². The maximum absolute atomic E-state index is 11.4. The second-order valence-corrected chi connectivity index (χ2v) is 4.61. The van der Waals surface area contributed by atoms with Crippen LogP contribution in [0.5, 0.6) is 0 Å². The molecule has 0 aliphatic carbocycles. The maximum Gasteiger partial charge on any atom is 0.306 e. The molecule has 0 heterocycles. The summed E-state index contributed by atoms with van der Waals surface area (Å²) in [7, 11) is 1.45. The molecule has 94 valence electrons. The van der Waals surface area contributed by atoms with Gasteiger partial charge < -0.3 is 4.74 Å². The van der Waals surface area contributed by atoms with Gasteiger partial charge in [0.25, 0.3) is 0 Å². The van der Waals surface area contributed by atoms with Gasteiger partial charge in [0.2, 0.25) is 0 Å². The van der Waals surface area contributed by atoms with Gasteiger partial charge in [-0.25, -0.2) is 0 Å². The van der Waals surface area contributed by atoms with Crippen molar-refractivity contribution in [3.05, 3.63) is 34.9 Å². The van der Waals surface area contributed by atoms with Crippen molar-refractivity contribution in [2.75, 3.05) is 7.11 Å². The highest BCUT2D eigenvalue weighted by molar-refractivity contribution is 5.70. The highest BCUT2D eigenvalue weighted by Crippen LogP contribution is 2.26. The molecule has 0 aliphatic rings. The molecule has 2 nitrogen and oxygen atoms in total. The summed E-state index contributed by atoms with van der Waals surface area (Å²) in [5.41, 5.74) is 3.83. The van der Waals surface area contributed by atoms with Crippen LogP contribution in [-0.4, -0.2) is 13.1 Å². The van der Waals surface area contributed by atoms with Gasteiger partial charge >= 0.3 is 5.97 Å². The van der Waals surface area contributed by atoms with Crippen LogP contribution >= 0.6 is 0 Å². The van der Waals surface area contributed by atoms with E-state index in [4.69, 9.17) is 4.74 Å². The Morgan fingerprint density at radius 3 is 2.53 bits per heavy atom. The van der Waals surface area contributed by atoms with E-state index in [-0.39, 0.29) is 11.9 Å². The average Bonchev–Trinajstić information content (AvgIpc) is 2.32. The molecule has 2 heteroatoms. The van der Waals surface area contributed by atoms with Crippen LogP contribution < -0.4 is 0 Å². The van der Waals surface area contributed by atoms with E-state index in [1.807, 2.05) is 0 Å². The molecule has 0 aromatic heterocycles. The van der Waals surface area contributed by atoms with Gasteiger partial charge in [0.15, 0.2) is 0 Å². The second kappa shape index (κ2) is 6.43. The molecule has 0 amide bonds. The fraction of sp³-hybridized carbons (Fsp3) is 0.533. The summed E-state index contributed by atoms with van der Waals surface area (Å²) < 4.78 is 4.76. The molecule has 1 atom stereocenters. The molecule has 0 N–H and O–H groups in total. The Labute approximate surface area is 104 Å². The van der Waals surface area contributed by atoms with Gasteiger partial charge in [-0.1, -0.05) is 31.5 Å². The van der Waals surface area contributed by atoms with Crippen molar-refractivity contribution in [3.63, 3.8) is 0 Å². The van der Waals surface area contributed by atoms with Crippen LogP contribution in [0, 0.1) is 13.8 Å². The second-order valence-electron chi connectivity index (χ2n) is 4.61. The Bertz CT molecular complexity index is 383. The molecule has 0 saturated carbocycles. The first kappa shape index (κ1) is 13.8. The first-order valence-electron chi connectivity index (χ1n) is 6.22. The number of carbonyl (C=O) groups is 1. The number of methoxy groups -OCH3 is 1. The lowest BCUT2D eigenvalue weighted by Gasteiger charge is -2.16. The molecule has 0 spiro atoms. The Morgan fingerprint density at radius 1 is 1.29 bits per heavy atom. The minimum atomic E-state index is -0.123. The standard InChI is InChI=1S/C15H22O2/c1-5-6-13(10-15(16)17-4)14-8-7-11(2)12(3)9-14/h7-9,13H,5-6,10H2,1-4H3. The third kappa shape index (κ3) is 3.88. The van der Waals surface area contributed by atoms with E-state index in [1.165, 1.54) is 23.8 Å². The van der Waals surface area contributed by atoms with E-state index >= 15 is 0 Å². The maximum atomic E-state index is 11.4. The number of hydrogen-bond acceptors (Lipinski definition) is 2. The smallest absolute Gasteiger partial charge is 0.306 e. The summed E-state index contributed by atoms with van der Waals surface area (Å²) in [6, 6.07) is 6.45. The van der Waals surface area contributed by atoms with Crippen molar-refractivity contribution < 1.29 is 9.53 Å². The highest BCUT2D eigenvalue weighted by atomic mass is 16.5. The van der Waals surface area contributed by atoms with Crippen molar-refractivity contribution in [1.29, 1.82) is 0 Å². The summed E-state index contributed by atoms with van der Waals surface area (Å²) in [5.74, 6) is 0.161. The number of hydrogen-bond donors (Lipinski definition) is 0. The molecule has 1 aromatic rings. The molecule has 0 radical (unpaired) electrons. The summed E-state index contributed by atoms with van der Waals surface area (Å²) in [5, 5.41) is 0. The Balaban J connectivity index is 2.88. The summed E-state index contributed by atoms with van der Waals surface area (Å²) in [4.78, 5) is 11.4. The van der Waals surface area contributed by atoms with Crippen molar-refractivity contribution in [1.82, 2.24) is 0 Å². The summed E-state index contributed by atoms with van der Waals surface area (Å²) >= 11 is 0. The van der Waals surface area contributed by atoms with E-state index < -0.39 is 0 Å². The van der Waals surface area contributed by atoms with Gasteiger partial charge in [-0.3, -0.25) is 4.79 Å². The third-order valence-corrected chi connectivity index (χ3v) is 3.28. The zero-order valence-corrected chi connectivity index (χ0v) is 11.2. The van der Waals surface area contributed by atoms with Crippen molar-refractivity contribution >= 4 is 5.97 Å². The normalized spacial score (nSPS) is 12.2. The lowest BCUT2D eigenvalue weighted by Crippen LogP contribution is -2.09. The molecule has 0 fully saturated rings. The first-order chi connectivity index (χ1) is 8.08. The van der Waals surface area contributed by atoms with Crippen LogP contribution in [0.2, 0.25) is 0 Å². The van der Waals surface area contributed by atoms with Gasteiger partial charge in [0.05, 0.1) is 13.5 Å². The van der Waals surface area contributed by atoms with Crippen LogP contribution in [-0.2, 0) is 9.53 Å². The average molecular weight is 234 g/mol. The van der Waals surface area contributed by atoms with Crippen molar-refractivity contribution in [2.24, 2.45) is 0 Å². The minimum absolute atomic E-state index is 0.123. The molecule has 0 saturated heterocycles. The van der Waals surface area contributed by atoms with Crippen molar-refractivity contribution in [3.8, 4) is 0 Å². The molecule has 1 rings (SSSR count). The van der Waals surface area contributed by atoms with Gasteiger partial charge in [0, 0.05) is 0 Å². The Hall–Kier alpha value is -1.31. The van der Waals surface area contributed by atoms with E-state index in [2.05, 4.69) is 39.0 Å². The number of esters is 1. The zero-order valence-electron chi connectivity index (χ0n) is 11.2. The first-order valence-corrected chi connectivity index (χ1v) is 6.22. The molecule has 0 bridgehead atoms. The number of rotatable bonds is 5. The van der Waals surface area contributed by atoms with Gasteiger partial charge in [-0.2, -0.15) is 0 Å². The third-order valence-electron chi connectivity index (χ3n) is 3.28.